The van der Waals surface area contributed by atoms with Crippen LogP contribution in [0.4, 0.5) is 0 Å². The Hall–Kier alpha value is -2.51. The molecule has 2 heterocycles. The van der Waals surface area contributed by atoms with Crippen LogP contribution in [0.5, 0.6) is 0 Å². The van der Waals surface area contributed by atoms with E-state index in [0.717, 1.165) is 41.3 Å². The molecule has 1 aliphatic rings. The molecule has 0 bridgehead atoms. The molecule has 0 saturated carbocycles. The van der Waals surface area contributed by atoms with Crippen molar-refractivity contribution in [2.45, 2.75) is 31.0 Å². The van der Waals surface area contributed by atoms with E-state index in [2.05, 4.69) is 4.98 Å². The van der Waals surface area contributed by atoms with Crippen molar-refractivity contribution >= 4 is 28.9 Å². The maximum Gasteiger partial charge on any atom is 0.209 e. The topological polar surface area (TPSA) is 71.9 Å². The second kappa shape index (κ2) is 10.6. The summed E-state index contributed by atoms with van der Waals surface area (Å²) in [5.74, 6) is 0. The van der Waals surface area contributed by atoms with E-state index in [4.69, 9.17) is 21.1 Å². The smallest absolute Gasteiger partial charge is 0.209 e. The maximum atomic E-state index is 12.2. The van der Waals surface area contributed by atoms with Gasteiger partial charge in [0.1, 0.15) is 11.7 Å². The van der Waals surface area contributed by atoms with Crippen molar-refractivity contribution in [1.82, 2.24) is 9.88 Å². The number of aliphatic hydroxyl groups is 1. The third kappa shape index (κ3) is 5.04. The molecule has 1 saturated heterocycles. The molecule has 7 heteroatoms. The lowest BCUT2D eigenvalue weighted by atomic mass is 9.79. The Labute approximate surface area is 199 Å². The Morgan fingerprint density at radius 3 is 2.94 bits per heavy atom. The second-order valence-corrected chi connectivity index (χ2v) is 8.82. The van der Waals surface area contributed by atoms with Gasteiger partial charge in [-0.15, -0.1) is 0 Å². The molecule has 0 radical (unpaired) electrons. The molecular weight excluding hydrogens is 440 g/mol. The Balaban J connectivity index is 1.80. The highest BCUT2D eigenvalue weighted by Gasteiger charge is 2.43. The lowest BCUT2D eigenvalue weighted by Crippen LogP contribution is -2.52. The normalized spacial score (nSPS) is 18.3. The number of pyridine rings is 1. The van der Waals surface area contributed by atoms with Crippen LogP contribution in [0.25, 0.3) is 22.0 Å². The van der Waals surface area contributed by atoms with E-state index >= 15 is 0 Å². The Bertz CT molecular complexity index is 1110. The van der Waals surface area contributed by atoms with Gasteiger partial charge in [-0.3, -0.25) is 9.78 Å². The van der Waals surface area contributed by atoms with E-state index in [9.17, 15) is 9.90 Å². The molecule has 2 aromatic carbocycles. The number of carbonyl (C=O) groups excluding carboxylic acids is 1. The predicted octanol–water partition coefficient (Wildman–Crippen LogP) is 4.42. The van der Waals surface area contributed by atoms with E-state index in [1.807, 2.05) is 48.5 Å². The zero-order valence-electron chi connectivity index (χ0n) is 18.7. The predicted molar refractivity (Wildman–Crippen MR) is 129 cm³/mol. The largest absolute Gasteiger partial charge is 0.385 e. The van der Waals surface area contributed by atoms with Crippen molar-refractivity contribution in [3.8, 4) is 11.1 Å². The number of ether oxygens (including phenoxy) is 2. The molecule has 1 fully saturated rings. The van der Waals surface area contributed by atoms with Crippen molar-refractivity contribution in [3.63, 3.8) is 0 Å². The molecule has 174 valence electrons. The number of nitrogens with zero attached hydrogens (tertiary/aromatic N) is 2. The molecule has 0 unspecified atom stereocenters. The summed E-state index contributed by atoms with van der Waals surface area (Å²) in [4.78, 5) is 17.7. The highest BCUT2D eigenvalue weighted by molar-refractivity contribution is 6.33. The first-order valence-electron chi connectivity index (χ1n) is 11.2. The van der Waals surface area contributed by atoms with Gasteiger partial charge in [-0.1, -0.05) is 41.9 Å². The number of methoxy groups -OCH3 is 1. The van der Waals surface area contributed by atoms with Crippen LogP contribution < -0.4 is 0 Å². The average Bonchev–Trinajstić information content (AvgIpc) is 2.86. The van der Waals surface area contributed by atoms with Crippen molar-refractivity contribution < 1.29 is 19.4 Å². The number of rotatable bonds is 9. The summed E-state index contributed by atoms with van der Waals surface area (Å²) < 4.78 is 11.2. The van der Waals surface area contributed by atoms with E-state index in [-0.39, 0.29) is 0 Å². The van der Waals surface area contributed by atoms with E-state index in [1.165, 1.54) is 0 Å². The number of aromatic nitrogens is 1. The zero-order valence-corrected chi connectivity index (χ0v) is 19.5. The molecule has 6 nitrogen and oxygen atoms in total. The number of carbonyl (C=O) groups is 1. The standard InChI is InChI=1S/C26H29ClN2O4/c1-32-13-5-4-11-26(31,24-17-29(18-30)12-14-33-24)21-8-6-9-22(27)25(21)20-15-19-7-2-3-10-23(19)28-16-20/h2-3,6-10,15-16,18,24,31H,4-5,11-14,17H2,1H3/t24-,26+/m1/s1. The Morgan fingerprint density at radius 1 is 1.27 bits per heavy atom. The Kier molecular flexibility index (Phi) is 7.60. The molecule has 4 rings (SSSR count). The summed E-state index contributed by atoms with van der Waals surface area (Å²) in [6.07, 6.45) is 4.00. The fourth-order valence-electron chi connectivity index (χ4n) is 4.55. The molecule has 0 aliphatic carbocycles. The van der Waals surface area contributed by atoms with Crippen molar-refractivity contribution in [3.05, 3.63) is 65.3 Å². The fourth-order valence-corrected chi connectivity index (χ4v) is 4.83. The number of fused-ring (bicyclic) bond motifs is 1. The number of hydrogen-bond donors (Lipinski definition) is 1. The number of unbranched alkanes of at least 4 members (excludes halogenated alkanes) is 1. The molecule has 1 amide bonds. The molecule has 1 aliphatic heterocycles. The average molecular weight is 469 g/mol. The summed E-state index contributed by atoms with van der Waals surface area (Å²) in [7, 11) is 1.67. The van der Waals surface area contributed by atoms with Gasteiger partial charge in [-0.05, 0) is 43.0 Å². The number of halogens is 1. The van der Waals surface area contributed by atoms with Crippen LogP contribution in [0, 0.1) is 0 Å². The highest BCUT2D eigenvalue weighted by atomic mass is 35.5. The first kappa shape index (κ1) is 23.6. The van der Waals surface area contributed by atoms with Gasteiger partial charge in [0, 0.05) is 54.5 Å². The lowest BCUT2D eigenvalue weighted by molar-refractivity contribution is -0.158. The van der Waals surface area contributed by atoms with Gasteiger partial charge < -0.3 is 19.5 Å². The summed E-state index contributed by atoms with van der Waals surface area (Å²) in [6, 6.07) is 15.5. The molecule has 33 heavy (non-hydrogen) atoms. The molecule has 2 atom stereocenters. The van der Waals surface area contributed by atoms with Crippen molar-refractivity contribution in [2.75, 3.05) is 33.4 Å². The number of amides is 1. The number of hydrogen-bond acceptors (Lipinski definition) is 5. The molecular formula is C26H29ClN2O4. The van der Waals surface area contributed by atoms with Crippen LogP contribution in [0.15, 0.2) is 54.7 Å². The van der Waals surface area contributed by atoms with Gasteiger partial charge in [-0.2, -0.15) is 0 Å². The number of benzene rings is 2. The zero-order chi connectivity index (χ0) is 23.3. The minimum Gasteiger partial charge on any atom is -0.385 e. The Morgan fingerprint density at radius 2 is 2.12 bits per heavy atom. The van der Waals surface area contributed by atoms with Crippen molar-refractivity contribution in [1.29, 1.82) is 0 Å². The third-order valence-corrected chi connectivity index (χ3v) is 6.61. The van der Waals surface area contributed by atoms with E-state index in [1.54, 1.807) is 18.2 Å². The maximum absolute atomic E-state index is 12.2. The van der Waals surface area contributed by atoms with Crippen LogP contribution in [0.2, 0.25) is 5.02 Å². The van der Waals surface area contributed by atoms with Gasteiger partial charge in [0.25, 0.3) is 0 Å². The summed E-state index contributed by atoms with van der Waals surface area (Å²) >= 11 is 6.73. The summed E-state index contributed by atoms with van der Waals surface area (Å²) in [5, 5.41) is 13.7. The fraction of sp³-hybridized carbons (Fsp3) is 0.385. The van der Waals surface area contributed by atoms with Gasteiger partial charge in [0.2, 0.25) is 6.41 Å². The van der Waals surface area contributed by atoms with Gasteiger partial charge >= 0.3 is 0 Å². The second-order valence-electron chi connectivity index (χ2n) is 8.41. The third-order valence-electron chi connectivity index (χ3n) is 6.30. The molecule has 3 aromatic rings. The summed E-state index contributed by atoms with van der Waals surface area (Å²) in [5.41, 5.74) is 1.79. The molecule has 1 aromatic heterocycles. The van der Waals surface area contributed by atoms with Crippen molar-refractivity contribution in [2.24, 2.45) is 0 Å². The van der Waals surface area contributed by atoms with Crippen LogP contribution in [-0.2, 0) is 19.9 Å². The number of para-hydroxylation sites is 1. The van der Waals surface area contributed by atoms with Crippen LogP contribution in [0.3, 0.4) is 0 Å². The first-order valence-corrected chi connectivity index (χ1v) is 11.6. The van der Waals surface area contributed by atoms with Crippen LogP contribution in [-0.4, -0.2) is 60.9 Å². The number of morpholine rings is 1. The van der Waals surface area contributed by atoms with Gasteiger partial charge in [0.15, 0.2) is 0 Å². The SMILES string of the molecule is COCCCC[C@](O)(c1cccc(Cl)c1-c1cnc2ccccc2c1)[C@H]1CN(C=O)CCO1. The minimum atomic E-state index is -1.35. The van der Waals surface area contributed by atoms with Crippen LogP contribution in [0.1, 0.15) is 24.8 Å². The monoisotopic (exact) mass is 468 g/mol. The highest BCUT2D eigenvalue weighted by Crippen LogP contribution is 2.43. The van der Waals surface area contributed by atoms with Gasteiger partial charge in [0.05, 0.1) is 12.1 Å². The lowest BCUT2D eigenvalue weighted by Gasteiger charge is -2.42. The summed E-state index contributed by atoms with van der Waals surface area (Å²) in [6.45, 7) is 1.80. The molecule has 0 spiro atoms. The van der Waals surface area contributed by atoms with Crippen LogP contribution >= 0.6 is 11.6 Å². The quantitative estimate of drug-likeness (QED) is 0.372. The molecule has 1 N–H and O–H groups in total. The minimum absolute atomic E-state index is 0.312. The van der Waals surface area contributed by atoms with E-state index < -0.39 is 11.7 Å². The van der Waals surface area contributed by atoms with Gasteiger partial charge in [-0.25, -0.2) is 0 Å². The van der Waals surface area contributed by atoms with E-state index in [0.29, 0.717) is 43.3 Å². The first-order chi connectivity index (χ1) is 16.1.